The second-order valence-electron chi connectivity index (χ2n) is 18.6. The van der Waals surface area contributed by atoms with E-state index in [1.165, 1.54) is 250 Å². The summed E-state index contributed by atoms with van der Waals surface area (Å²) >= 11 is 0. The lowest BCUT2D eigenvalue weighted by Gasteiger charge is -2.27. The summed E-state index contributed by atoms with van der Waals surface area (Å²) in [5.74, 6) is -0.293. The average Bonchev–Trinajstić information content (AvgIpc) is 3.21. The Hall–Kier alpha value is -0.910. The van der Waals surface area contributed by atoms with Crippen LogP contribution >= 0.6 is 0 Å². The van der Waals surface area contributed by atoms with E-state index in [1.54, 1.807) is 0 Å². The van der Waals surface area contributed by atoms with Crippen LogP contribution in [0.5, 0.6) is 0 Å². The van der Waals surface area contributed by atoms with Gasteiger partial charge in [-0.15, -0.1) is 0 Å². The van der Waals surface area contributed by atoms with Crippen LogP contribution in [0.15, 0.2) is 36.8 Å². The van der Waals surface area contributed by atoms with Gasteiger partial charge in [0, 0.05) is 12.2 Å². The van der Waals surface area contributed by atoms with Gasteiger partial charge in [-0.05, 0) is 56.8 Å². The number of hydrogen-bond acceptors (Lipinski definition) is 3. The molecule has 0 saturated heterocycles. The molecule has 0 radical (unpaired) electrons. The van der Waals surface area contributed by atoms with Gasteiger partial charge in [-0.3, -0.25) is 0 Å². The molecule has 350 valence electrons. The van der Waals surface area contributed by atoms with Crippen LogP contribution in [0, 0.1) is 0 Å². The molecule has 0 aliphatic heterocycles. The highest BCUT2D eigenvalue weighted by Crippen LogP contribution is 2.20. The van der Waals surface area contributed by atoms with Crippen molar-refractivity contribution in [2.75, 3.05) is 12.3 Å². The molecule has 0 unspecified atom stereocenters. The number of hydrogen-bond donors (Lipinski definition) is 0. The number of allylic oxidation sites excluding steroid dienone is 3. The van der Waals surface area contributed by atoms with Crippen molar-refractivity contribution in [1.29, 1.82) is 0 Å². The van der Waals surface area contributed by atoms with Gasteiger partial charge in [-0.25, -0.2) is 12.9 Å². The van der Waals surface area contributed by atoms with Crippen LogP contribution in [0.2, 0.25) is 0 Å². The van der Waals surface area contributed by atoms with Gasteiger partial charge in [0.15, 0.2) is 0 Å². The van der Waals surface area contributed by atoms with Crippen molar-refractivity contribution in [3.8, 4) is 0 Å². The Morgan fingerprint density at radius 3 is 0.729 bits per heavy atom. The molecule has 0 heterocycles. The third-order valence-electron chi connectivity index (χ3n) is 12.5. The molecule has 0 saturated carbocycles. The molecule has 0 aromatic rings. The number of quaternary nitrogens is 1. The maximum Gasteiger partial charge on any atom is 0.101 e. The average molecular weight is 849 g/mol. The van der Waals surface area contributed by atoms with Crippen molar-refractivity contribution in [2.45, 2.75) is 297 Å². The highest BCUT2D eigenvalue weighted by atomic mass is 32.2. The van der Waals surface area contributed by atoms with E-state index in [4.69, 9.17) is 0 Å². The van der Waals surface area contributed by atoms with Crippen LogP contribution in [-0.4, -0.2) is 29.8 Å². The molecule has 0 fully saturated rings. The lowest BCUT2D eigenvalue weighted by molar-refractivity contribution is -0.773. The first kappa shape index (κ1) is 58.1. The summed E-state index contributed by atoms with van der Waals surface area (Å²) < 4.78 is 35.4. The second-order valence-corrected chi connectivity index (χ2v) is 20.1. The number of unbranched alkanes of at least 4 members (excludes halogenated alkanes) is 39. The summed E-state index contributed by atoms with van der Waals surface area (Å²) in [4.78, 5) is 0. The molecular formula is C54H105NO3S. The molecule has 0 atom stereocenters. The molecule has 0 N–H and O–H groups in total. The van der Waals surface area contributed by atoms with Gasteiger partial charge in [0.2, 0.25) is 0 Å². The van der Waals surface area contributed by atoms with E-state index < -0.39 is 10.1 Å². The van der Waals surface area contributed by atoms with E-state index in [0.29, 0.717) is 17.4 Å². The highest BCUT2D eigenvalue weighted by Gasteiger charge is 2.19. The molecule has 0 spiro atoms. The molecule has 0 amide bonds. The summed E-state index contributed by atoms with van der Waals surface area (Å²) in [6, 6.07) is 0. The van der Waals surface area contributed by atoms with E-state index in [9.17, 15) is 13.0 Å². The van der Waals surface area contributed by atoms with E-state index >= 15 is 0 Å². The van der Waals surface area contributed by atoms with E-state index in [-0.39, 0.29) is 5.75 Å². The van der Waals surface area contributed by atoms with Crippen molar-refractivity contribution in [2.24, 2.45) is 0 Å². The fraction of sp³-hybridized carbons (Fsp3) is 0.889. The summed E-state index contributed by atoms with van der Waals surface area (Å²) in [6.07, 6.45) is 70.6. The lowest BCUT2D eigenvalue weighted by atomic mass is 10.0. The van der Waals surface area contributed by atoms with E-state index in [2.05, 4.69) is 57.6 Å². The SMILES string of the molecule is CCCCCCCCCCCCCCC/C=C/[N+](/C=C/CCCCCCCCCCCCCCC)(/C=C/CCCCCCCCCCCCCCC)CCCS(=O)(=O)[O-]. The van der Waals surface area contributed by atoms with Gasteiger partial charge in [0.25, 0.3) is 0 Å². The molecule has 0 aromatic carbocycles. The molecule has 5 heteroatoms. The van der Waals surface area contributed by atoms with E-state index in [0.717, 1.165) is 19.3 Å². The first-order chi connectivity index (χ1) is 28.9. The third-order valence-corrected chi connectivity index (χ3v) is 13.3. The minimum absolute atomic E-state index is 0.293. The summed E-state index contributed by atoms with van der Waals surface area (Å²) in [5, 5.41) is 0. The van der Waals surface area contributed by atoms with Crippen molar-refractivity contribution in [3.05, 3.63) is 36.8 Å². The Morgan fingerprint density at radius 1 is 0.322 bits per heavy atom. The first-order valence-electron chi connectivity index (χ1n) is 26.7. The van der Waals surface area contributed by atoms with Crippen LogP contribution in [-0.2, 0) is 10.1 Å². The summed E-state index contributed by atoms with van der Waals surface area (Å²) in [6.45, 7) is 7.48. The Morgan fingerprint density at radius 2 is 0.525 bits per heavy atom. The predicted octanol–water partition coefficient (Wildman–Crippen LogP) is 18.7. The van der Waals surface area contributed by atoms with Crippen molar-refractivity contribution in [1.82, 2.24) is 0 Å². The third kappa shape index (κ3) is 46.4. The molecule has 0 aliphatic carbocycles. The van der Waals surface area contributed by atoms with Crippen molar-refractivity contribution >= 4 is 10.1 Å². The predicted molar refractivity (Wildman–Crippen MR) is 263 cm³/mol. The standard InChI is InChI=1S/C54H105NO3S/c1-4-7-10-13-16-19-22-25-28-31-34-37-40-43-46-50-55(53-49-54-59(56,57)58,51-47-44-41-38-35-32-29-26-23-20-17-14-11-8-5-2)52-48-45-42-39-36-33-30-27-24-21-18-15-12-9-6-3/h46-48,50-52H,4-45,49,53-54H2,1-3H3/b50-46+,51-47+,52-48+. The van der Waals surface area contributed by atoms with Gasteiger partial charge in [-0.2, -0.15) is 0 Å². The monoisotopic (exact) mass is 848 g/mol. The zero-order valence-electron chi connectivity index (χ0n) is 40.4. The molecule has 0 rings (SSSR count). The van der Waals surface area contributed by atoms with E-state index in [1.807, 2.05) is 0 Å². The Kier molecular flexibility index (Phi) is 45.9. The normalized spacial score (nSPS) is 12.7. The molecule has 0 aliphatic rings. The van der Waals surface area contributed by atoms with Gasteiger partial charge in [-0.1, -0.05) is 252 Å². The molecule has 59 heavy (non-hydrogen) atoms. The van der Waals surface area contributed by atoms with Gasteiger partial charge in [0.05, 0.1) is 16.7 Å². The Bertz CT molecular complexity index is 921. The summed E-state index contributed by atoms with van der Waals surface area (Å²) in [5.41, 5.74) is 0. The number of nitrogens with zero attached hydrogens (tertiary/aromatic N) is 1. The highest BCUT2D eigenvalue weighted by molar-refractivity contribution is 7.85. The largest absolute Gasteiger partial charge is 0.748 e. The minimum atomic E-state index is -4.23. The number of rotatable bonds is 49. The maximum atomic E-state index is 11.6. The first-order valence-corrected chi connectivity index (χ1v) is 28.3. The van der Waals surface area contributed by atoms with Crippen LogP contribution < -0.4 is 0 Å². The summed E-state index contributed by atoms with van der Waals surface area (Å²) in [7, 11) is -4.23. The van der Waals surface area contributed by atoms with Gasteiger partial charge >= 0.3 is 0 Å². The van der Waals surface area contributed by atoms with Gasteiger partial charge < -0.3 is 4.55 Å². The lowest BCUT2D eigenvalue weighted by Crippen LogP contribution is -2.33. The molecule has 0 aromatic heterocycles. The van der Waals surface area contributed by atoms with Crippen LogP contribution in [0.4, 0.5) is 0 Å². The smallest absolute Gasteiger partial charge is 0.101 e. The molecule has 4 nitrogen and oxygen atoms in total. The fourth-order valence-electron chi connectivity index (χ4n) is 8.54. The quantitative estimate of drug-likeness (QED) is 0.0348. The van der Waals surface area contributed by atoms with Crippen LogP contribution in [0.1, 0.15) is 297 Å². The van der Waals surface area contributed by atoms with Crippen molar-refractivity contribution in [3.63, 3.8) is 0 Å². The van der Waals surface area contributed by atoms with Crippen LogP contribution in [0.25, 0.3) is 0 Å². The Balaban J connectivity index is 4.94. The maximum absolute atomic E-state index is 11.6. The van der Waals surface area contributed by atoms with Gasteiger partial charge in [0.1, 0.15) is 18.6 Å². The topological polar surface area (TPSA) is 57.2 Å². The Labute approximate surface area is 372 Å². The zero-order chi connectivity index (χ0) is 43.1. The minimum Gasteiger partial charge on any atom is -0.748 e. The molecule has 0 bridgehead atoms. The molecular weight excluding hydrogens is 743 g/mol. The second kappa shape index (κ2) is 46.6. The fourth-order valence-corrected chi connectivity index (χ4v) is 9.02. The zero-order valence-corrected chi connectivity index (χ0v) is 41.2. The van der Waals surface area contributed by atoms with Crippen LogP contribution in [0.3, 0.4) is 0 Å². The van der Waals surface area contributed by atoms with Crippen molar-refractivity contribution < 1.29 is 17.5 Å².